The largest absolute Gasteiger partial charge is 0.496 e. The molecule has 0 radical (unpaired) electrons. The molecule has 3 nitrogen and oxygen atoms in total. The van der Waals surface area contributed by atoms with E-state index in [0.717, 1.165) is 29.8 Å². The summed E-state index contributed by atoms with van der Waals surface area (Å²) >= 11 is 3.24. The highest BCUT2D eigenvalue weighted by atomic mass is 79.9. The second-order valence-electron chi connectivity index (χ2n) is 5.98. The van der Waals surface area contributed by atoms with Crippen LogP contribution in [0.3, 0.4) is 0 Å². The van der Waals surface area contributed by atoms with Gasteiger partial charge in [0.1, 0.15) is 17.8 Å². The maximum absolute atomic E-state index is 13.8. The van der Waals surface area contributed by atoms with Crippen LogP contribution >= 0.6 is 15.9 Å². The first-order valence-electron chi connectivity index (χ1n) is 8.26. The Hall–Kier alpha value is -2.40. The van der Waals surface area contributed by atoms with Crippen LogP contribution in [0.5, 0.6) is 5.75 Å². The number of nitrogens with zero attached hydrogens (tertiary/aromatic N) is 1. The average molecular weight is 416 g/mol. The molecule has 0 aliphatic rings. The van der Waals surface area contributed by atoms with E-state index in [1.54, 1.807) is 37.7 Å². The van der Waals surface area contributed by atoms with Crippen molar-refractivity contribution in [2.75, 3.05) is 7.11 Å². The summed E-state index contributed by atoms with van der Waals surface area (Å²) in [7, 11) is 1.67. The van der Waals surface area contributed by atoms with Crippen molar-refractivity contribution in [3.63, 3.8) is 0 Å². The van der Waals surface area contributed by atoms with Gasteiger partial charge in [0.05, 0.1) is 12.8 Å². The minimum absolute atomic E-state index is 0.294. The molecule has 26 heavy (non-hydrogen) atoms. The van der Waals surface area contributed by atoms with Crippen molar-refractivity contribution in [3.05, 3.63) is 81.2 Å². The Bertz CT molecular complexity index is 934. The minimum atomic E-state index is -0.294. The summed E-state index contributed by atoms with van der Waals surface area (Å²) in [5, 5.41) is 0. The van der Waals surface area contributed by atoms with E-state index in [9.17, 15) is 4.39 Å². The third-order valence-electron chi connectivity index (χ3n) is 4.07. The predicted molar refractivity (Wildman–Crippen MR) is 105 cm³/mol. The molecule has 0 aliphatic carbocycles. The van der Waals surface area contributed by atoms with Gasteiger partial charge in [-0.05, 0) is 55.2 Å². The third-order valence-corrected chi connectivity index (χ3v) is 4.56. The van der Waals surface area contributed by atoms with E-state index in [4.69, 9.17) is 9.15 Å². The van der Waals surface area contributed by atoms with Gasteiger partial charge in [0.2, 0.25) is 5.89 Å². The van der Waals surface area contributed by atoms with Gasteiger partial charge in [-0.15, -0.1) is 0 Å². The van der Waals surface area contributed by atoms with Crippen LogP contribution in [-0.2, 0) is 12.8 Å². The summed E-state index contributed by atoms with van der Waals surface area (Å²) in [5.41, 5.74) is 3.70. The molecule has 0 saturated carbocycles. The van der Waals surface area contributed by atoms with E-state index in [0.29, 0.717) is 15.9 Å². The van der Waals surface area contributed by atoms with Crippen molar-refractivity contribution in [2.45, 2.75) is 19.8 Å². The molecule has 0 atom stereocenters. The van der Waals surface area contributed by atoms with Gasteiger partial charge in [-0.3, -0.25) is 0 Å². The lowest BCUT2D eigenvalue weighted by Gasteiger charge is -2.06. The van der Waals surface area contributed by atoms with Crippen molar-refractivity contribution >= 4 is 28.1 Å². The first-order valence-corrected chi connectivity index (χ1v) is 9.05. The first-order chi connectivity index (χ1) is 12.5. The Kier molecular flexibility index (Phi) is 5.89. The molecule has 1 heterocycles. The number of aryl methyl sites for hydroxylation is 3. The number of methoxy groups -OCH3 is 1. The standard InChI is InChI=1S/C21H19BrFNO2/c1-14-11-15(4-9-20(14)25-2)3-8-18-13-26-21(24-18)10-6-16-5-7-17(22)12-19(16)23/h4-7,9-13H,3,8H2,1-2H3/b10-6+. The zero-order valence-corrected chi connectivity index (χ0v) is 16.2. The van der Waals surface area contributed by atoms with Crippen LogP contribution in [0.4, 0.5) is 4.39 Å². The van der Waals surface area contributed by atoms with Gasteiger partial charge in [0.15, 0.2) is 0 Å². The maximum Gasteiger partial charge on any atom is 0.218 e. The molecule has 0 N–H and O–H groups in total. The molecular formula is C21H19BrFNO2. The van der Waals surface area contributed by atoms with Gasteiger partial charge in [0, 0.05) is 16.1 Å². The van der Waals surface area contributed by atoms with Gasteiger partial charge in [-0.2, -0.15) is 0 Å². The van der Waals surface area contributed by atoms with Crippen LogP contribution in [0.1, 0.15) is 28.3 Å². The SMILES string of the molecule is COc1ccc(CCc2coc(/C=C/c3ccc(Br)cc3F)n2)cc1C. The zero-order valence-electron chi connectivity index (χ0n) is 14.6. The fourth-order valence-electron chi connectivity index (χ4n) is 2.68. The number of aromatic nitrogens is 1. The molecule has 3 aromatic rings. The van der Waals surface area contributed by atoms with Gasteiger partial charge < -0.3 is 9.15 Å². The number of oxazole rings is 1. The molecule has 5 heteroatoms. The number of hydrogen-bond acceptors (Lipinski definition) is 3. The Morgan fingerprint density at radius 2 is 2.00 bits per heavy atom. The highest BCUT2D eigenvalue weighted by Crippen LogP contribution is 2.20. The van der Waals surface area contributed by atoms with Crippen molar-refractivity contribution in [1.29, 1.82) is 0 Å². The second kappa shape index (κ2) is 8.32. The molecular weight excluding hydrogens is 397 g/mol. The third kappa shape index (κ3) is 4.61. The monoisotopic (exact) mass is 415 g/mol. The van der Waals surface area contributed by atoms with Crippen LogP contribution < -0.4 is 4.74 Å². The molecule has 0 saturated heterocycles. The van der Waals surface area contributed by atoms with Crippen LogP contribution in [-0.4, -0.2) is 12.1 Å². The highest BCUT2D eigenvalue weighted by Gasteiger charge is 2.05. The van der Waals surface area contributed by atoms with Gasteiger partial charge in [0.25, 0.3) is 0 Å². The quantitative estimate of drug-likeness (QED) is 0.506. The molecule has 0 bridgehead atoms. The highest BCUT2D eigenvalue weighted by molar-refractivity contribution is 9.10. The number of hydrogen-bond donors (Lipinski definition) is 0. The number of benzene rings is 2. The van der Waals surface area contributed by atoms with Crippen LogP contribution in [0.25, 0.3) is 12.2 Å². The van der Waals surface area contributed by atoms with E-state index in [1.165, 1.54) is 11.6 Å². The molecule has 0 unspecified atom stereocenters. The molecule has 134 valence electrons. The Morgan fingerprint density at radius 1 is 1.15 bits per heavy atom. The molecule has 1 aromatic heterocycles. The maximum atomic E-state index is 13.8. The average Bonchev–Trinajstić information content (AvgIpc) is 3.07. The lowest BCUT2D eigenvalue weighted by molar-refractivity contribution is 0.411. The van der Waals surface area contributed by atoms with E-state index in [-0.39, 0.29) is 5.82 Å². The normalized spacial score (nSPS) is 11.2. The fourth-order valence-corrected chi connectivity index (χ4v) is 3.01. The molecule has 2 aromatic carbocycles. The molecule has 3 rings (SSSR count). The summed E-state index contributed by atoms with van der Waals surface area (Å²) in [5.74, 6) is 1.06. The van der Waals surface area contributed by atoms with E-state index in [1.807, 2.05) is 13.0 Å². The second-order valence-corrected chi connectivity index (χ2v) is 6.90. The van der Waals surface area contributed by atoms with Crippen LogP contribution in [0.15, 0.2) is 51.6 Å². The van der Waals surface area contributed by atoms with Crippen molar-refractivity contribution in [3.8, 4) is 5.75 Å². The van der Waals surface area contributed by atoms with Gasteiger partial charge >= 0.3 is 0 Å². The fraction of sp³-hybridized carbons (Fsp3) is 0.190. The number of halogens is 2. The van der Waals surface area contributed by atoms with E-state index >= 15 is 0 Å². The van der Waals surface area contributed by atoms with Gasteiger partial charge in [-0.1, -0.05) is 34.1 Å². The number of rotatable bonds is 6. The summed E-state index contributed by atoms with van der Waals surface area (Å²) < 4.78 is 25.2. The van der Waals surface area contributed by atoms with Gasteiger partial charge in [-0.25, -0.2) is 9.37 Å². The Balaban J connectivity index is 1.62. The first kappa shape index (κ1) is 18.4. The summed E-state index contributed by atoms with van der Waals surface area (Å²) in [6.07, 6.45) is 6.61. The molecule has 0 fully saturated rings. The molecule has 0 spiro atoms. The Morgan fingerprint density at radius 3 is 2.73 bits per heavy atom. The summed E-state index contributed by atoms with van der Waals surface area (Å²) in [4.78, 5) is 4.43. The summed E-state index contributed by atoms with van der Waals surface area (Å²) in [6.45, 7) is 2.03. The Labute approximate surface area is 160 Å². The lowest BCUT2D eigenvalue weighted by atomic mass is 10.1. The van der Waals surface area contributed by atoms with Crippen molar-refractivity contribution < 1.29 is 13.5 Å². The lowest BCUT2D eigenvalue weighted by Crippen LogP contribution is -1.94. The van der Waals surface area contributed by atoms with E-state index in [2.05, 4.69) is 33.0 Å². The smallest absolute Gasteiger partial charge is 0.218 e. The molecule has 0 aliphatic heterocycles. The minimum Gasteiger partial charge on any atom is -0.496 e. The topological polar surface area (TPSA) is 35.3 Å². The summed E-state index contributed by atoms with van der Waals surface area (Å²) in [6, 6.07) is 11.1. The zero-order chi connectivity index (χ0) is 18.5. The number of ether oxygens (including phenoxy) is 1. The van der Waals surface area contributed by atoms with Crippen molar-refractivity contribution in [1.82, 2.24) is 4.98 Å². The van der Waals surface area contributed by atoms with Crippen molar-refractivity contribution in [2.24, 2.45) is 0 Å². The van der Waals surface area contributed by atoms with E-state index < -0.39 is 0 Å². The van der Waals surface area contributed by atoms with Crippen LogP contribution in [0.2, 0.25) is 0 Å². The predicted octanol–water partition coefficient (Wildman–Crippen LogP) is 5.85. The van der Waals surface area contributed by atoms with Crippen LogP contribution in [0, 0.1) is 12.7 Å². The molecule has 0 amide bonds.